The summed E-state index contributed by atoms with van der Waals surface area (Å²) in [5.41, 5.74) is 3.77. The van der Waals surface area contributed by atoms with Crippen LogP contribution in [0.4, 0.5) is 0 Å². The van der Waals surface area contributed by atoms with Crippen molar-refractivity contribution in [3.8, 4) is 0 Å². The second-order valence-corrected chi connectivity index (χ2v) is 5.99. The minimum absolute atomic E-state index is 0.389. The second-order valence-electron chi connectivity index (χ2n) is 5.99. The minimum atomic E-state index is 0.389. The van der Waals surface area contributed by atoms with Crippen molar-refractivity contribution in [3.63, 3.8) is 0 Å². The van der Waals surface area contributed by atoms with Gasteiger partial charge < -0.3 is 5.32 Å². The first-order valence-corrected chi connectivity index (χ1v) is 7.72. The van der Waals surface area contributed by atoms with Gasteiger partial charge in [0, 0.05) is 11.1 Å². The highest BCUT2D eigenvalue weighted by Crippen LogP contribution is 2.36. The van der Waals surface area contributed by atoms with Crippen LogP contribution in [0.5, 0.6) is 0 Å². The Bertz CT molecular complexity index is 659. The molecule has 20 heavy (non-hydrogen) atoms. The van der Waals surface area contributed by atoms with Crippen LogP contribution in [0.3, 0.4) is 0 Å². The van der Waals surface area contributed by atoms with Gasteiger partial charge in [0.1, 0.15) is 0 Å². The predicted molar refractivity (Wildman–Crippen MR) is 82.3 cm³/mol. The first-order valence-electron chi connectivity index (χ1n) is 7.72. The molecular formula is C18H20N2. The number of hydrogen-bond acceptors (Lipinski definition) is 2. The Morgan fingerprint density at radius 2 is 1.95 bits per heavy atom. The highest BCUT2D eigenvalue weighted by atomic mass is 15.0. The van der Waals surface area contributed by atoms with Crippen LogP contribution >= 0.6 is 0 Å². The molecule has 2 atom stereocenters. The molecule has 0 radical (unpaired) electrons. The predicted octanol–water partition coefficient (Wildman–Crippen LogP) is 4.34. The Morgan fingerprint density at radius 3 is 2.95 bits per heavy atom. The Hall–Kier alpha value is -1.83. The maximum atomic E-state index is 4.85. The standard InChI is InChI=1S/C18H20N2/c1-3-7-15-13(5-1)9-11-17(19-15)18-12-10-14-6-2-4-8-16(14)20-18/h1,3,5,7-9,11,14,18,20H,2,4,6,10,12H2. The highest BCUT2D eigenvalue weighted by molar-refractivity contribution is 5.78. The molecule has 0 bridgehead atoms. The molecule has 4 rings (SSSR count). The van der Waals surface area contributed by atoms with Crippen molar-refractivity contribution in [2.45, 2.75) is 38.1 Å². The zero-order chi connectivity index (χ0) is 13.4. The average molecular weight is 264 g/mol. The fourth-order valence-electron chi connectivity index (χ4n) is 3.56. The van der Waals surface area contributed by atoms with Gasteiger partial charge in [-0.2, -0.15) is 0 Å². The van der Waals surface area contributed by atoms with Gasteiger partial charge >= 0.3 is 0 Å². The molecule has 0 spiro atoms. The van der Waals surface area contributed by atoms with Crippen molar-refractivity contribution in [2.75, 3.05) is 0 Å². The van der Waals surface area contributed by atoms with E-state index in [2.05, 4.69) is 47.8 Å². The molecule has 2 aliphatic rings. The van der Waals surface area contributed by atoms with E-state index in [-0.39, 0.29) is 0 Å². The molecule has 1 aromatic carbocycles. The van der Waals surface area contributed by atoms with E-state index in [4.69, 9.17) is 4.98 Å². The number of aromatic nitrogens is 1. The molecule has 1 aliphatic heterocycles. The molecule has 2 heterocycles. The third-order valence-corrected chi connectivity index (χ3v) is 4.68. The molecule has 0 saturated carbocycles. The molecule has 1 N–H and O–H groups in total. The summed E-state index contributed by atoms with van der Waals surface area (Å²) in [7, 11) is 0. The van der Waals surface area contributed by atoms with Crippen LogP contribution in [0.25, 0.3) is 10.9 Å². The number of nitrogens with zero attached hydrogens (tertiary/aromatic N) is 1. The lowest BCUT2D eigenvalue weighted by molar-refractivity contribution is 0.335. The van der Waals surface area contributed by atoms with Crippen molar-refractivity contribution >= 4 is 10.9 Å². The van der Waals surface area contributed by atoms with E-state index < -0.39 is 0 Å². The molecule has 1 fully saturated rings. The summed E-state index contributed by atoms with van der Waals surface area (Å²) < 4.78 is 0. The van der Waals surface area contributed by atoms with Crippen LogP contribution in [-0.4, -0.2) is 4.98 Å². The Morgan fingerprint density at radius 1 is 1.00 bits per heavy atom. The Kier molecular flexibility index (Phi) is 2.95. The van der Waals surface area contributed by atoms with Gasteiger partial charge in [-0.3, -0.25) is 4.98 Å². The van der Waals surface area contributed by atoms with Crippen LogP contribution in [0.15, 0.2) is 48.2 Å². The van der Waals surface area contributed by atoms with Crippen LogP contribution < -0.4 is 5.32 Å². The SMILES string of the molecule is C1=C2NC(c3ccc4ccccc4n3)CCC2CCC1. The van der Waals surface area contributed by atoms with Gasteiger partial charge in [0.2, 0.25) is 0 Å². The van der Waals surface area contributed by atoms with Gasteiger partial charge in [0.15, 0.2) is 0 Å². The smallest absolute Gasteiger partial charge is 0.0706 e. The highest BCUT2D eigenvalue weighted by Gasteiger charge is 2.27. The summed E-state index contributed by atoms with van der Waals surface area (Å²) >= 11 is 0. The molecule has 1 aromatic heterocycles. The number of fused-ring (bicyclic) bond motifs is 2. The normalized spacial score (nSPS) is 25.7. The van der Waals surface area contributed by atoms with Crippen molar-refractivity contribution < 1.29 is 0 Å². The zero-order valence-corrected chi connectivity index (χ0v) is 11.7. The number of benzene rings is 1. The minimum Gasteiger partial charge on any atom is -0.380 e. The molecule has 1 saturated heterocycles. The molecular weight excluding hydrogens is 244 g/mol. The summed E-state index contributed by atoms with van der Waals surface area (Å²) in [6.07, 6.45) is 8.86. The molecule has 2 aromatic rings. The van der Waals surface area contributed by atoms with Gasteiger partial charge in [0.05, 0.1) is 17.3 Å². The van der Waals surface area contributed by atoms with E-state index in [0.717, 1.165) is 11.4 Å². The van der Waals surface area contributed by atoms with Crippen molar-refractivity contribution in [1.29, 1.82) is 0 Å². The number of allylic oxidation sites excluding steroid dienone is 2. The molecule has 1 aliphatic carbocycles. The topological polar surface area (TPSA) is 24.9 Å². The zero-order valence-electron chi connectivity index (χ0n) is 11.7. The summed E-state index contributed by atoms with van der Waals surface area (Å²) in [5.74, 6) is 0.778. The Balaban J connectivity index is 1.64. The quantitative estimate of drug-likeness (QED) is 0.828. The van der Waals surface area contributed by atoms with Crippen LogP contribution in [0.1, 0.15) is 43.8 Å². The maximum absolute atomic E-state index is 4.85. The first-order chi connectivity index (χ1) is 9.90. The van der Waals surface area contributed by atoms with E-state index in [1.165, 1.54) is 48.9 Å². The van der Waals surface area contributed by atoms with Gasteiger partial charge in [-0.15, -0.1) is 0 Å². The largest absolute Gasteiger partial charge is 0.380 e. The summed E-state index contributed by atoms with van der Waals surface area (Å²) in [6, 6.07) is 13.1. The van der Waals surface area contributed by atoms with Crippen molar-refractivity contribution in [2.24, 2.45) is 5.92 Å². The lowest BCUT2D eigenvalue weighted by Gasteiger charge is -2.35. The fraction of sp³-hybridized carbons (Fsp3) is 0.389. The third kappa shape index (κ3) is 2.09. The number of piperidine rings is 1. The van der Waals surface area contributed by atoms with Crippen molar-refractivity contribution in [1.82, 2.24) is 10.3 Å². The van der Waals surface area contributed by atoms with E-state index in [0.29, 0.717) is 6.04 Å². The molecule has 0 amide bonds. The lowest BCUT2D eigenvalue weighted by atomic mass is 9.83. The summed E-state index contributed by atoms with van der Waals surface area (Å²) in [4.78, 5) is 4.85. The van der Waals surface area contributed by atoms with E-state index in [1.54, 1.807) is 0 Å². The van der Waals surface area contributed by atoms with Crippen LogP contribution in [0.2, 0.25) is 0 Å². The fourth-order valence-corrected chi connectivity index (χ4v) is 3.56. The number of para-hydroxylation sites is 1. The monoisotopic (exact) mass is 264 g/mol. The molecule has 2 unspecified atom stereocenters. The number of nitrogens with one attached hydrogen (secondary N) is 1. The van der Waals surface area contributed by atoms with Gasteiger partial charge in [0.25, 0.3) is 0 Å². The number of rotatable bonds is 1. The van der Waals surface area contributed by atoms with E-state index >= 15 is 0 Å². The third-order valence-electron chi connectivity index (χ3n) is 4.68. The summed E-state index contributed by atoms with van der Waals surface area (Å²) in [6.45, 7) is 0. The molecule has 2 heteroatoms. The first kappa shape index (κ1) is 12.0. The van der Waals surface area contributed by atoms with Crippen molar-refractivity contribution in [3.05, 3.63) is 53.9 Å². The van der Waals surface area contributed by atoms with Crippen LogP contribution in [-0.2, 0) is 0 Å². The maximum Gasteiger partial charge on any atom is 0.0706 e. The second kappa shape index (κ2) is 4.93. The van der Waals surface area contributed by atoms with E-state index in [1.807, 2.05) is 0 Å². The van der Waals surface area contributed by atoms with Gasteiger partial charge in [-0.1, -0.05) is 30.3 Å². The van der Waals surface area contributed by atoms with E-state index in [9.17, 15) is 0 Å². The number of hydrogen-bond donors (Lipinski definition) is 1. The Labute approximate surface area is 119 Å². The molecule has 2 nitrogen and oxygen atoms in total. The van der Waals surface area contributed by atoms with Crippen LogP contribution in [0, 0.1) is 5.92 Å². The van der Waals surface area contributed by atoms with Gasteiger partial charge in [-0.05, 0) is 50.2 Å². The lowest BCUT2D eigenvalue weighted by Crippen LogP contribution is -2.32. The van der Waals surface area contributed by atoms with Gasteiger partial charge in [-0.25, -0.2) is 0 Å². The average Bonchev–Trinajstić information content (AvgIpc) is 2.54. The summed E-state index contributed by atoms with van der Waals surface area (Å²) in [5, 5.41) is 4.96. The molecule has 102 valence electrons. The number of pyridine rings is 1.